The fraction of sp³-hybridized carbons (Fsp3) is 0.609. The minimum Gasteiger partial charge on any atom is -0.299 e. The summed E-state index contributed by atoms with van der Waals surface area (Å²) in [5.74, 6) is 0.834. The summed E-state index contributed by atoms with van der Waals surface area (Å²) in [6, 6.07) is 9.45. The highest BCUT2D eigenvalue weighted by atomic mass is 15.3. The molecule has 0 bridgehead atoms. The highest BCUT2D eigenvalue weighted by Crippen LogP contribution is 2.24. The van der Waals surface area contributed by atoms with Crippen molar-refractivity contribution in [1.29, 1.82) is 0 Å². The lowest BCUT2D eigenvalue weighted by Gasteiger charge is -2.32. The van der Waals surface area contributed by atoms with E-state index in [2.05, 4.69) is 46.1 Å². The van der Waals surface area contributed by atoms with Crippen LogP contribution in [0.2, 0.25) is 0 Å². The van der Waals surface area contributed by atoms with Crippen molar-refractivity contribution < 1.29 is 0 Å². The maximum atomic E-state index is 4.38. The van der Waals surface area contributed by atoms with Gasteiger partial charge in [0, 0.05) is 31.4 Å². The van der Waals surface area contributed by atoms with E-state index in [0.29, 0.717) is 0 Å². The van der Waals surface area contributed by atoms with Gasteiger partial charge in [0.25, 0.3) is 0 Å². The number of likely N-dealkylation sites (tertiary alicyclic amines) is 2. The van der Waals surface area contributed by atoms with Crippen LogP contribution in [-0.4, -0.2) is 45.8 Å². The molecule has 0 saturated carbocycles. The standard InChI is InChI=1S/C23H34N4/c1-19-23(16-24-25(19)2)18-27-13-9-21(10-14-27)15-20-5-7-22(8-6-20)17-26-11-3-4-12-26/h5-8,16,21H,3-4,9-15,17-18H2,1-2H3. The maximum Gasteiger partial charge on any atom is 0.0537 e. The Morgan fingerprint density at radius 1 is 0.889 bits per heavy atom. The Bertz CT molecular complexity index is 719. The molecule has 0 unspecified atom stereocenters. The lowest BCUT2D eigenvalue weighted by Crippen LogP contribution is -2.34. The summed E-state index contributed by atoms with van der Waals surface area (Å²) >= 11 is 0. The Labute approximate surface area is 164 Å². The second kappa shape index (κ2) is 8.57. The molecule has 2 aliphatic rings. The van der Waals surface area contributed by atoms with Crippen LogP contribution in [0.25, 0.3) is 0 Å². The van der Waals surface area contributed by atoms with Crippen molar-refractivity contribution in [1.82, 2.24) is 19.6 Å². The number of nitrogens with zero attached hydrogens (tertiary/aromatic N) is 4. The average molecular weight is 367 g/mol. The van der Waals surface area contributed by atoms with Gasteiger partial charge in [0.05, 0.1) is 6.20 Å². The molecule has 4 nitrogen and oxygen atoms in total. The van der Waals surface area contributed by atoms with Gasteiger partial charge in [-0.25, -0.2) is 0 Å². The third-order valence-electron chi connectivity index (χ3n) is 6.59. The lowest BCUT2D eigenvalue weighted by molar-refractivity contribution is 0.176. The first-order chi connectivity index (χ1) is 13.2. The number of aryl methyl sites for hydroxylation is 1. The number of rotatable bonds is 6. The Morgan fingerprint density at radius 2 is 1.52 bits per heavy atom. The summed E-state index contributed by atoms with van der Waals surface area (Å²) in [5.41, 5.74) is 5.67. The van der Waals surface area contributed by atoms with Crippen LogP contribution in [0.5, 0.6) is 0 Å². The summed E-state index contributed by atoms with van der Waals surface area (Å²) in [7, 11) is 2.03. The van der Waals surface area contributed by atoms with Crippen LogP contribution in [0.1, 0.15) is 48.1 Å². The van der Waals surface area contributed by atoms with Crippen LogP contribution in [-0.2, 0) is 26.6 Å². The molecule has 1 aromatic carbocycles. The van der Waals surface area contributed by atoms with Gasteiger partial charge >= 0.3 is 0 Å². The van der Waals surface area contributed by atoms with Crippen molar-refractivity contribution in [2.45, 2.75) is 52.1 Å². The third kappa shape index (κ3) is 4.80. The molecule has 0 spiro atoms. The molecular weight excluding hydrogens is 332 g/mol. The van der Waals surface area contributed by atoms with E-state index in [4.69, 9.17) is 0 Å². The molecule has 0 atom stereocenters. The van der Waals surface area contributed by atoms with Crippen molar-refractivity contribution in [2.24, 2.45) is 13.0 Å². The van der Waals surface area contributed by atoms with Gasteiger partial charge in [-0.05, 0) is 82.3 Å². The van der Waals surface area contributed by atoms with Crippen molar-refractivity contribution in [3.8, 4) is 0 Å². The molecule has 27 heavy (non-hydrogen) atoms. The normalized spacial score (nSPS) is 19.8. The number of piperidine rings is 1. The van der Waals surface area contributed by atoms with Crippen LogP contribution in [0, 0.1) is 12.8 Å². The molecule has 4 heteroatoms. The molecule has 2 aromatic rings. The molecular formula is C23H34N4. The molecule has 1 aromatic heterocycles. The van der Waals surface area contributed by atoms with Crippen LogP contribution in [0.3, 0.4) is 0 Å². The fourth-order valence-electron chi connectivity index (χ4n) is 4.60. The van der Waals surface area contributed by atoms with Gasteiger partial charge in [0.1, 0.15) is 0 Å². The van der Waals surface area contributed by atoms with E-state index in [1.807, 2.05) is 17.9 Å². The smallest absolute Gasteiger partial charge is 0.0537 e. The van der Waals surface area contributed by atoms with Gasteiger partial charge in [-0.1, -0.05) is 24.3 Å². The number of hydrogen-bond donors (Lipinski definition) is 0. The van der Waals surface area contributed by atoms with Crippen molar-refractivity contribution >= 4 is 0 Å². The number of aromatic nitrogens is 2. The van der Waals surface area contributed by atoms with Gasteiger partial charge in [0.15, 0.2) is 0 Å². The number of benzene rings is 1. The quantitative estimate of drug-likeness (QED) is 0.778. The zero-order valence-corrected chi connectivity index (χ0v) is 17.0. The largest absolute Gasteiger partial charge is 0.299 e. The van der Waals surface area contributed by atoms with Gasteiger partial charge in [-0.2, -0.15) is 5.10 Å². The summed E-state index contributed by atoms with van der Waals surface area (Å²) < 4.78 is 1.98. The molecule has 2 aliphatic heterocycles. The SMILES string of the molecule is Cc1c(CN2CCC(Cc3ccc(CN4CCCC4)cc3)CC2)cnn1C. The zero-order chi connectivity index (χ0) is 18.6. The zero-order valence-electron chi connectivity index (χ0n) is 17.0. The molecule has 2 fully saturated rings. The molecule has 0 radical (unpaired) electrons. The van der Waals surface area contributed by atoms with Crippen molar-refractivity contribution in [2.75, 3.05) is 26.2 Å². The van der Waals surface area contributed by atoms with Crippen LogP contribution < -0.4 is 0 Å². The predicted molar refractivity (Wildman–Crippen MR) is 111 cm³/mol. The topological polar surface area (TPSA) is 24.3 Å². The number of hydrogen-bond acceptors (Lipinski definition) is 3. The van der Waals surface area contributed by atoms with E-state index >= 15 is 0 Å². The molecule has 4 rings (SSSR count). The monoisotopic (exact) mass is 366 g/mol. The minimum absolute atomic E-state index is 0.834. The fourth-order valence-corrected chi connectivity index (χ4v) is 4.60. The van der Waals surface area contributed by atoms with Gasteiger partial charge in [-0.15, -0.1) is 0 Å². The molecule has 0 aliphatic carbocycles. The Hall–Kier alpha value is -1.65. The molecule has 3 heterocycles. The predicted octanol–water partition coefficient (Wildman–Crippen LogP) is 3.78. The molecule has 0 N–H and O–H groups in total. The first-order valence-electron chi connectivity index (χ1n) is 10.7. The average Bonchev–Trinajstić information content (AvgIpc) is 3.30. The highest BCUT2D eigenvalue weighted by Gasteiger charge is 2.20. The van der Waals surface area contributed by atoms with Crippen LogP contribution >= 0.6 is 0 Å². The first-order valence-corrected chi connectivity index (χ1v) is 10.7. The summed E-state index contributed by atoms with van der Waals surface area (Å²) in [6.07, 6.45) is 8.65. The Balaban J connectivity index is 1.23. The summed E-state index contributed by atoms with van der Waals surface area (Å²) in [5, 5.41) is 4.38. The maximum absolute atomic E-state index is 4.38. The van der Waals surface area contributed by atoms with E-state index in [9.17, 15) is 0 Å². The minimum atomic E-state index is 0.834. The van der Waals surface area contributed by atoms with Gasteiger partial charge in [0.2, 0.25) is 0 Å². The van der Waals surface area contributed by atoms with Gasteiger partial charge in [-0.3, -0.25) is 14.5 Å². The van der Waals surface area contributed by atoms with E-state index in [-0.39, 0.29) is 0 Å². The molecule has 0 amide bonds. The van der Waals surface area contributed by atoms with Crippen LogP contribution in [0.4, 0.5) is 0 Å². The van der Waals surface area contributed by atoms with Crippen molar-refractivity contribution in [3.63, 3.8) is 0 Å². The Kier molecular flexibility index (Phi) is 5.94. The summed E-state index contributed by atoms with van der Waals surface area (Å²) in [4.78, 5) is 5.17. The second-order valence-corrected chi connectivity index (χ2v) is 8.60. The van der Waals surface area contributed by atoms with Crippen LogP contribution in [0.15, 0.2) is 30.5 Å². The second-order valence-electron chi connectivity index (χ2n) is 8.60. The van der Waals surface area contributed by atoms with E-state index in [1.54, 1.807) is 0 Å². The van der Waals surface area contributed by atoms with E-state index < -0.39 is 0 Å². The Morgan fingerprint density at radius 3 is 2.15 bits per heavy atom. The van der Waals surface area contributed by atoms with E-state index in [0.717, 1.165) is 19.0 Å². The highest BCUT2D eigenvalue weighted by molar-refractivity contribution is 5.23. The van der Waals surface area contributed by atoms with Crippen molar-refractivity contribution in [3.05, 3.63) is 52.8 Å². The van der Waals surface area contributed by atoms with E-state index in [1.165, 1.54) is 80.7 Å². The molecule has 146 valence electrons. The first kappa shape index (κ1) is 18.7. The summed E-state index contributed by atoms with van der Waals surface area (Å²) in [6.45, 7) is 9.34. The third-order valence-corrected chi connectivity index (χ3v) is 6.59. The molecule has 2 saturated heterocycles. The van der Waals surface area contributed by atoms with Gasteiger partial charge < -0.3 is 0 Å². The lowest BCUT2D eigenvalue weighted by atomic mass is 9.89.